The van der Waals surface area contributed by atoms with Crippen LogP contribution in [0.15, 0.2) is 60.7 Å². The molecule has 1 heterocycles. The molecular formula is C20H23FO4. The predicted octanol–water partition coefficient (Wildman–Crippen LogP) is 3.23. The third-order valence-corrected chi connectivity index (χ3v) is 4.30. The van der Waals surface area contributed by atoms with Crippen LogP contribution in [0.2, 0.25) is 0 Å². The summed E-state index contributed by atoms with van der Waals surface area (Å²) < 4.78 is 31.5. The maximum Gasteiger partial charge on any atom is 0.189 e. The van der Waals surface area contributed by atoms with Crippen molar-refractivity contribution in [1.29, 1.82) is 0 Å². The van der Waals surface area contributed by atoms with E-state index >= 15 is 0 Å². The van der Waals surface area contributed by atoms with Crippen molar-refractivity contribution in [2.45, 2.75) is 50.9 Å². The minimum Gasteiger partial charge on any atom is -0.368 e. The molecule has 0 radical (unpaired) electrons. The minimum atomic E-state index is -1.67. The van der Waals surface area contributed by atoms with Gasteiger partial charge < -0.3 is 19.3 Å². The average Bonchev–Trinajstić information content (AvgIpc) is 2.64. The van der Waals surface area contributed by atoms with Crippen LogP contribution >= 0.6 is 0 Å². The topological polar surface area (TPSA) is 47.9 Å². The summed E-state index contributed by atoms with van der Waals surface area (Å²) >= 11 is 0. The quantitative estimate of drug-likeness (QED) is 0.872. The van der Waals surface area contributed by atoms with Crippen LogP contribution in [0.25, 0.3) is 0 Å². The molecule has 0 saturated carbocycles. The van der Waals surface area contributed by atoms with E-state index in [4.69, 9.17) is 14.2 Å². The molecule has 1 unspecified atom stereocenters. The van der Waals surface area contributed by atoms with Crippen molar-refractivity contribution in [3.63, 3.8) is 0 Å². The summed E-state index contributed by atoms with van der Waals surface area (Å²) in [5.74, 6) is 0. The second-order valence-electron chi connectivity index (χ2n) is 6.20. The van der Waals surface area contributed by atoms with Gasteiger partial charge in [-0.3, -0.25) is 0 Å². The van der Waals surface area contributed by atoms with Gasteiger partial charge in [-0.25, -0.2) is 4.39 Å². The van der Waals surface area contributed by atoms with Crippen molar-refractivity contribution in [2.24, 2.45) is 0 Å². The fourth-order valence-corrected chi connectivity index (χ4v) is 2.93. The van der Waals surface area contributed by atoms with Crippen molar-refractivity contribution < 1.29 is 23.7 Å². The van der Waals surface area contributed by atoms with E-state index in [0.717, 1.165) is 11.1 Å². The molecule has 0 aliphatic carbocycles. The van der Waals surface area contributed by atoms with Crippen LogP contribution in [0, 0.1) is 0 Å². The highest BCUT2D eigenvalue weighted by Gasteiger charge is 2.45. The molecule has 0 bridgehead atoms. The number of aliphatic hydroxyl groups is 1. The molecule has 5 atom stereocenters. The number of hydrogen-bond donors (Lipinski definition) is 1. The fraction of sp³-hybridized carbons (Fsp3) is 0.400. The predicted molar refractivity (Wildman–Crippen MR) is 91.5 cm³/mol. The van der Waals surface area contributed by atoms with Gasteiger partial charge in [0.25, 0.3) is 0 Å². The Morgan fingerprint density at radius 1 is 0.880 bits per heavy atom. The molecule has 0 aromatic heterocycles. The summed E-state index contributed by atoms with van der Waals surface area (Å²) in [6, 6.07) is 19.2. The molecule has 1 fully saturated rings. The van der Waals surface area contributed by atoms with E-state index in [1.54, 1.807) is 6.92 Å². The highest BCUT2D eigenvalue weighted by atomic mass is 19.1. The molecule has 25 heavy (non-hydrogen) atoms. The van der Waals surface area contributed by atoms with E-state index in [1.807, 2.05) is 60.7 Å². The molecule has 134 valence electrons. The third-order valence-electron chi connectivity index (χ3n) is 4.30. The number of ether oxygens (including phenoxy) is 3. The lowest BCUT2D eigenvalue weighted by Crippen LogP contribution is -2.56. The molecule has 1 N–H and O–H groups in total. The minimum absolute atomic E-state index is 0.247. The summed E-state index contributed by atoms with van der Waals surface area (Å²) in [6.07, 6.45) is -5.16. The molecular weight excluding hydrogens is 323 g/mol. The first kappa shape index (κ1) is 18.0. The van der Waals surface area contributed by atoms with Gasteiger partial charge in [0, 0.05) is 0 Å². The summed E-state index contributed by atoms with van der Waals surface area (Å²) in [4.78, 5) is 0. The standard InChI is InChI=1S/C20H23FO4/c1-14-18(23-12-15-8-4-2-5-9-15)19(17(21)20(22)25-14)24-13-16-10-6-3-7-11-16/h2-11,14,17-20,22H,12-13H2,1H3/t14-,17-,18+,19-,20?/m0/s1. The Kier molecular flexibility index (Phi) is 6.15. The highest BCUT2D eigenvalue weighted by molar-refractivity contribution is 5.14. The van der Waals surface area contributed by atoms with Crippen LogP contribution in [-0.2, 0) is 27.4 Å². The number of hydrogen-bond acceptors (Lipinski definition) is 4. The Morgan fingerprint density at radius 3 is 1.88 bits per heavy atom. The van der Waals surface area contributed by atoms with Gasteiger partial charge in [-0.1, -0.05) is 60.7 Å². The van der Waals surface area contributed by atoms with Gasteiger partial charge in [0.05, 0.1) is 19.3 Å². The van der Waals surface area contributed by atoms with E-state index in [-0.39, 0.29) is 6.61 Å². The van der Waals surface area contributed by atoms with Gasteiger partial charge in [-0.05, 0) is 18.1 Å². The smallest absolute Gasteiger partial charge is 0.189 e. The number of alkyl halides is 1. The Balaban J connectivity index is 1.67. The largest absolute Gasteiger partial charge is 0.368 e. The Labute approximate surface area is 147 Å². The van der Waals surface area contributed by atoms with E-state index < -0.39 is 30.8 Å². The molecule has 5 heteroatoms. The van der Waals surface area contributed by atoms with E-state index in [2.05, 4.69) is 0 Å². The summed E-state index contributed by atoms with van der Waals surface area (Å²) in [5, 5.41) is 9.79. The van der Waals surface area contributed by atoms with Crippen molar-refractivity contribution in [3.8, 4) is 0 Å². The molecule has 2 aromatic rings. The summed E-state index contributed by atoms with van der Waals surface area (Å²) in [5.41, 5.74) is 1.92. The van der Waals surface area contributed by atoms with Crippen LogP contribution in [-0.4, -0.2) is 35.9 Å². The molecule has 1 saturated heterocycles. The highest BCUT2D eigenvalue weighted by Crippen LogP contribution is 2.28. The van der Waals surface area contributed by atoms with Crippen LogP contribution in [0.3, 0.4) is 0 Å². The Morgan fingerprint density at radius 2 is 1.36 bits per heavy atom. The van der Waals surface area contributed by atoms with Gasteiger partial charge in [0.15, 0.2) is 12.5 Å². The number of aliphatic hydroxyl groups excluding tert-OH is 1. The molecule has 2 aromatic carbocycles. The third kappa shape index (κ3) is 4.64. The lowest BCUT2D eigenvalue weighted by molar-refractivity contribution is -0.282. The molecule has 1 aliphatic heterocycles. The van der Waals surface area contributed by atoms with Crippen LogP contribution in [0.5, 0.6) is 0 Å². The van der Waals surface area contributed by atoms with E-state index in [0.29, 0.717) is 6.61 Å². The first-order chi connectivity index (χ1) is 12.1. The van der Waals surface area contributed by atoms with Crippen LogP contribution in [0.4, 0.5) is 4.39 Å². The molecule has 4 nitrogen and oxygen atoms in total. The van der Waals surface area contributed by atoms with Crippen molar-refractivity contribution >= 4 is 0 Å². The molecule has 0 spiro atoms. The first-order valence-corrected chi connectivity index (χ1v) is 8.44. The van der Waals surface area contributed by atoms with Gasteiger partial charge in [0.1, 0.15) is 12.2 Å². The first-order valence-electron chi connectivity index (χ1n) is 8.44. The van der Waals surface area contributed by atoms with E-state index in [9.17, 15) is 9.50 Å². The Bertz CT molecular complexity index is 637. The lowest BCUT2D eigenvalue weighted by Gasteiger charge is -2.40. The zero-order chi connectivity index (χ0) is 17.6. The lowest BCUT2D eigenvalue weighted by atomic mass is 10.00. The summed E-state index contributed by atoms with van der Waals surface area (Å²) in [6.45, 7) is 2.33. The van der Waals surface area contributed by atoms with Crippen molar-refractivity contribution in [2.75, 3.05) is 0 Å². The summed E-state index contributed by atoms with van der Waals surface area (Å²) in [7, 11) is 0. The van der Waals surface area contributed by atoms with Gasteiger partial charge in [0.2, 0.25) is 0 Å². The van der Waals surface area contributed by atoms with Crippen molar-refractivity contribution in [1.82, 2.24) is 0 Å². The van der Waals surface area contributed by atoms with Gasteiger partial charge >= 0.3 is 0 Å². The van der Waals surface area contributed by atoms with E-state index in [1.165, 1.54) is 0 Å². The second kappa shape index (κ2) is 8.54. The molecule has 1 aliphatic rings. The van der Waals surface area contributed by atoms with Crippen LogP contribution < -0.4 is 0 Å². The SMILES string of the molecule is C[C@@H]1OC(O)[C@@H](F)[C@H](OCc2ccccc2)[C@@H]1OCc1ccccc1. The number of rotatable bonds is 6. The fourth-order valence-electron chi connectivity index (χ4n) is 2.93. The second-order valence-corrected chi connectivity index (χ2v) is 6.20. The average molecular weight is 346 g/mol. The molecule has 3 rings (SSSR count). The zero-order valence-electron chi connectivity index (χ0n) is 14.1. The Hall–Kier alpha value is -1.79. The van der Waals surface area contributed by atoms with Crippen molar-refractivity contribution in [3.05, 3.63) is 71.8 Å². The van der Waals surface area contributed by atoms with Gasteiger partial charge in [-0.15, -0.1) is 0 Å². The monoisotopic (exact) mass is 346 g/mol. The number of benzene rings is 2. The molecule has 0 amide bonds. The van der Waals surface area contributed by atoms with Gasteiger partial charge in [-0.2, -0.15) is 0 Å². The zero-order valence-corrected chi connectivity index (χ0v) is 14.1. The maximum atomic E-state index is 14.5. The number of halogens is 1. The van der Waals surface area contributed by atoms with Crippen LogP contribution in [0.1, 0.15) is 18.1 Å². The normalized spacial score (nSPS) is 29.5. The maximum absolute atomic E-state index is 14.5.